The Morgan fingerprint density at radius 3 is 3.09 bits per heavy atom. The summed E-state index contributed by atoms with van der Waals surface area (Å²) in [6.07, 6.45) is 9.45. The maximum atomic E-state index is 12.5. The molecule has 1 aromatic heterocycles. The number of carbonyl (C=O) groups excluding carboxylic acids is 1. The van der Waals surface area contributed by atoms with Gasteiger partial charge < -0.3 is 4.90 Å². The fraction of sp³-hybridized carbons (Fsp3) is 0.444. The zero-order valence-electron chi connectivity index (χ0n) is 13.1. The van der Waals surface area contributed by atoms with Gasteiger partial charge in [-0.25, -0.2) is 0 Å². The Balaban J connectivity index is 1.59. The molecular formula is C18H23N3O. The summed E-state index contributed by atoms with van der Waals surface area (Å²) in [7, 11) is 1.95. The largest absolute Gasteiger partial charge is 0.339 e. The minimum atomic E-state index is 0.241. The summed E-state index contributed by atoms with van der Waals surface area (Å²) < 4.78 is 0. The van der Waals surface area contributed by atoms with Gasteiger partial charge in [-0.1, -0.05) is 24.3 Å². The van der Waals surface area contributed by atoms with Crippen molar-refractivity contribution in [3.8, 4) is 0 Å². The summed E-state index contributed by atoms with van der Waals surface area (Å²) in [5.41, 5.74) is 3.90. The number of benzene rings is 1. The van der Waals surface area contributed by atoms with Crippen LogP contribution in [0.4, 0.5) is 0 Å². The number of aryl methyl sites for hydroxylation is 2. The van der Waals surface area contributed by atoms with Gasteiger partial charge in [0, 0.05) is 19.7 Å². The van der Waals surface area contributed by atoms with Crippen molar-refractivity contribution in [2.24, 2.45) is 0 Å². The van der Waals surface area contributed by atoms with Crippen molar-refractivity contribution in [1.29, 1.82) is 0 Å². The molecule has 0 spiro atoms. The second-order valence-corrected chi connectivity index (χ2v) is 6.07. The lowest BCUT2D eigenvalue weighted by molar-refractivity contribution is -0.132. The van der Waals surface area contributed by atoms with Crippen LogP contribution in [0.25, 0.3) is 0 Å². The Bertz CT molecular complexity index is 621. The molecule has 0 aliphatic heterocycles. The monoisotopic (exact) mass is 297 g/mol. The van der Waals surface area contributed by atoms with Crippen LogP contribution in [0.2, 0.25) is 0 Å². The van der Waals surface area contributed by atoms with Gasteiger partial charge in [-0.05, 0) is 48.8 Å². The van der Waals surface area contributed by atoms with Crippen LogP contribution in [-0.4, -0.2) is 28.1 Å². The fourth-order valence-corrected chi connectivity index (χ4v) is 3.34. The van der Waals surface area contributed by atoms with Gasteiger partial charge in [0.25, 0.3) is 0 Å². The molecule has 3 rings (SSSR count). The molecule has 2 aromatic rings. The Morgan fingerprint density at radius 1 is 1.41 bits per heavy atom. The molecule has 0 saturated heterocycles. The summed E-state index contributed by atoms with van der Waals surface area (Å²) >= 11 is 0. The van der Waals surface area contributed by atoms with Crippen molar-refractivity contribution in [3.05, 3.63) is 53.3 Å². The first-order chi connectivity index (χ1) is 10.8. The first-order valence-corrected chi connectivity index (χ1v) is 8.07. The molecule has 0 unspecified atom stereocenters. The van der Waals surface area contributed by atoms with E-state index in [1.54, 1.807) is 0 Å². The lowest BCUT2D eigenvalue weighted by Crippen LogP contribution is -2.33. The van der Waals surface area contributed by atoms with Crippen LogP contribution in [-0.2, 0) is 17.6 Å². The fourth-order valence-electron chi connectivity index (χ4n) is 3.34. The highest BCUT2D eigenvalue weighted by Crippen LogP contribution is 2.33. The smallest absolute Gasteiger partial charge is 0.222 e. The number of hydrogen-bond donors (Lipinski definition) is 1. The molecular weight excluding hydrogens is 274 g/mol. The van der Waals surface area contributed by atoms with Crippen LogP contribution in [0.1, 0.15) is 48.4 Å². The van der Waals surface area contributed by atoms with E-state index in [0.717, 1.165) is 32.1 Å². The number of carbonyl (C=O) groups is 1. The van der Waals surface area contributed by atoms with Gasteiger partial charge in [-0.2, -0.15) is 5.10 Å². The van der Waals surface area contributed by atoms with Gasteiger partial charge in [0.05, 0.1) is 12.2 Å². The molecule has 0 fully saturated rings. The third kappa shape index (κ3) is 3.21. The molecule has 1 heterocycles. The van der Waals surface area contributed by atoms with Gasteiger partial charge in [-0.15, -0.1) is 0 Å². The molecule has 1 atom stereocenters. The average Bonchev–Trinajstić information content (AvgIpc) is 3.07. The van der Waals surface area contributed by atoms with E-state index in [1.165, 1.54) is 16.7 Å². The van der Waals surface area contributed by atoms with E-state index in [9.17, 15) is 4.79 Å². The standard InChI is InChI=1S/C18H23N3O/c1-21(18(22)11-4-6-14-12-19-20-13-14)17-10-5-8-15-7-2-3-9-16(15)17/h2-3,7,9,12-13,17H,4-6,8,10-11H2,1H3,(H,19,20)/t17-/m1/s1. The Hall–Kier alpha value is -2.10. The third-order valence-electron chi connectivity index (χ3n) is 4.61. The minimum Gasteiger partial charge on any atom is -0.339 e. The number of rotatable bonds is 5. The quantitative estimate of drug-likeness (QED) is 0.921. The van der Waals surface area contributed by atoms with Crippen molar-refractivity contribution in [2.75, 3.05) is 7.05 Å². The topological polar surface area (TPSA) is 49.0 Å². The molecule has 116 valence electrons. The lowest BCUT2D eigenvalue weighted by Gasteiger charge is -2.33. The zero-order valence-corrected chi connectivity index (χ0v) is 13.1. The Kier molecular flexibility index (Phi) is 4.56. The van der Waals surface area contributed by atoms with E-state index in [1.807, 2.05) is 24.3 Å². The van der Waals surface area contributed by atoms with Gasteiger partial charge >= 0.3 is 0 Å². The molecule has 4 heteroatoms. The predicted octanol–water partition coefficient (Wildman–Crippen LogP) is 3.27. The van der Waals surface area contributed by atoms with Crippen LogP contribution >= 0.6 is 0 Å². The van der Waals surface area contributed by atoms with Crippen molar-refractivity contribution >= 4 is 5.91 Å². The summed E-state index contributed by atoms with van der Waals surface area (Å²) in [4.78, 5) is 14.4. The van der Waals surface area contributed by atoms with Crippen molar-refractivity contribution < 1.29 is 4.79 Å². The van der Waals surface area contributed by atoms with E-state index in [4.69, 9.17) is 0 Å². The highest BCUT2D eigenvalue weighted by atomic mass is 16.2. The maximum Gasteiger partial charge on any atom is 0.222 e. The summed E-state index contributed by atoms with van der Waals surface area (Å²) in [5, 5.41) is 6.74. The number of H-pyrrole nitrogens is 1. The van der Waals surface area contributed by atoms with Crippen molar-refractivity contribution in [1.82, 2.24) is 15.1 Å². The normalized spacial score (nSPS) is 17.0. The van der Waals surface area contributed by atoms with Crippen LogP contribution in [0, 0.1) is 0 Å². The SMILES string of the molecule is CN(C(=O)CCCc1cn[nH]c1)[C@@H]1CCCc2ccccc21. The predicted molar refractivity (Wildman–Crippen MR) is 86.4 cm³/mol. The molecule has 22 heavy (non-hydrogen) atoms. The molecule has 4 nitrogen and oxygen atoms in total. The molecule has 1 aliphatic carbocycles. The van der Waals surface area contributed by atoms with Crippen LogP contribution in [0.15, 0.2) is 36.7 Å². The van der Waals surface area contributed by atoms with E-state index < -0.39 is 0 Å². The first kappa shape index (κ1) is 14.8. The van der Waals surface area contributed by atoms with Gasteiger partial charge in [0.2, 0.25) is 5.91 Å². The number of aromatic nitrogens is 2. The lowest BCUT2D eigenvalue weighted by atomic mass is 9.87. The highest BCUT2D eigenvalue weighted by Gasteiger charge is 2.25. The van der Waals surface area contributed by atoms with E-state index in [-0.39, 0.29) is 11.9 Å². The van der Waals surface area contributed by atoms with Crippen molar-refractivity contribution in [3.63, 3.8) is 0 Å². The number of nitrogens with zero attached hydrogens (tertiary/aromatic N) is 2. The van der Waals surface area contributed by atoms with Crippen LogP contribution in [0.5, 0.6) is 0 Å². The second kappa shape index (κ2) is 6.77. The summed E-state index contributed by atoms with van der Waals surface area (Å²) in [6, 6.07) is 8.78. The molecule has 1 aliphatic rings. The molecule has 0 saturated carbocycles. The first-order valence-electron chi connectivity index (χ1n) is 8.07. The van der Waals surface area contributed by atoms with Crippen molar-refractivity contribution in [2.45, 2.75) is 44.6 Å². The molecule has 0 bridgehead atoms. The summed E-state index contributed by atoms with van der Waals surface area (Å²) in [5.74, 6) is 0.241. The summed E-state index contributed by atoms with van der Waals surface area (Å²) in [6.45, 7) is 0. The van der Waals surface area contributed by atoms with E-state index >= 15 is 0 Å². The average molecular weight is 297 g/mol. The number of fused-ring (bicyclic) bond motifs is 1. The van der Waals surface area contributed by atoms with E-state index in [0.29, 0.717) is 6.42 Å². The highest BCUT2D eigenvalue weighted by molar-refractivity contribution is 5.76. The Labute approximate surface area is 131 Å². The molecule has 1 amide bonds. The van der Waals surface area contributed by atoms with Crippen LogP contribution < -0.4 is 0 Å². The minimum absolute atomic E-state index is 0.241. The number of amides is 1. The number of hydrogen-bond acceptors (Lipinski definition) is 2. The van der Waals surface area contributed by atoms with E-state index in [2.05, 4.69) is 34.5 Å². The zero-order chi connectivity index (χ0) is 15.4. The number of aromatic amines is 1. The molecule has 1 N–H and O–H groups in total. The van der Waals surface area contributed by atoms with Gasteiger partial charge in [-0.3, -0.25) is 9.89 Å². The maximum absolute atomic E-state index is 12.5. The number of nitrogens with one attached hydrogen (secondary N) is 1. The van der Waals surface area contributed by atoms with Crippen LogP contribution in [0.3, 0.4) is 0 Å². The molecule has 0 radical (unpaired) electrons. The second-order valence-electron chi connectivity index (χ2n) is 6.07. The Morgan fingerprint density at radius 2 is 2.27 bits per heavy atom. The van der Waals surface area contributed by atoms with Gasteiger partial charge in [0.15, 0.2) is 0 Å². The van der Waals surface area contributed by atoms with Gasteiger partial charge in [0.1, 0.15) is 0 Å². The third-order valence-corrected chi connectivity index (χ3v) is 4.61. The molecule has 1 aromatic carbocycles.